The summed E-state index contributed by atoms with van der Waals surface area (Å²) < 4.78 is 62.8. The van der Waals surface area contributed by atoms with Crippen LogP contribution in [0.3, 0.4) is 0 Å². The molecule has 0 unspecified atom stereocenters. The van der Waals surface area contributed by atoms with E-state index in [1.54, 1.807) is 31.2 Å². The highest BCUT2D eigenvalue weighted by Gasteiger charge is 2.42. The molecule has 8 heteroatoms. The number of hydrogen-bond donors (Lipinski definition) is 0. The maximum atomic E-state index is 13.0. The van der Waals surface area contributed by atoms with Crippen molar-refractivity contribution >= 4 is 19.9 Å². The predicted molar refractivity (Wildman–Crippen MR) is 93.8 cm³/mol. The molecule has 0 spiro atoms. The van der Waals surface area contributed by atoms with Crippen LogP contribution < -0.4 is 0 Å². The molecule has 0 saturated carbocycles. The molecular weight excluding hydrogens is 365 g/mol. The lowest BCUT2D eigenvalue weighted by Gasteiger charge is -2.37. The van der Waals surface area contributed by atoms with E-state index in [0.29, 0.717) is 0 Å². The standard InChI is InChI=1S/C17H18FNO4S2/c1-2-24(20,21)17-11-19(12-17)25(22,23)16-9-5-14(6-10-16)13-3-7-15(18)8-4-13/h3-10,17H,2,11-12H2,1H3. The van der Waals surface area contributed by atoms with Crippen molar-refractivity contribution in [2.24, 2.45) is 0 Å². The van der Waals surface area contributed by atoms with Gasteiger partial charge in [-0.2, -0.15) is 4.31 Å². The quantitative estimate of drug-likeness (QED) is 0.794. The zero-order chi connectivity index (χ0) is 18.2. The summed E-state index contributed by atoms with van der Waals surface area (Å²) in [4.78, 5) is 0.116. The molecule has 1 heterocycles. The summed E-state index contributed by atoms with van der Waals surface area (Å²) in [6, 6.07) is 12.2. The Morgan fingerprint density at radius 1 is 0.920 bits per heavy atom. The van der Waals surface area contributed by atoms with Crippen LogP contribution in [0.1, 0.15) is 6.92 Å². The van der Waals surface area contributed by atoms with E-state index in [1.165, 1.54) is 28.6 Å². The van der Waals surface area contributed by atoms with E-state index in [-0.39, 0.29) is 29.6 Å². The lowest BCUT2D eigenvalue weighted by atomic mass is 10.1. The zero-order valence-electron chi connectivity index (χ0n) is 13.6. The fourth-order valence-electron chi connectivity index (χ4n) is 2.67. The van der Waals surface area contributed by atoms with E-state index in [0.717, 1.165) is 11.1 Å². The van der Waals surface area contributed by atoms with Crippen LogP contribution in [0.5, 0.6) is 0 Å². The molecule has 0 bridgehead atoms. The number of halogens is 1. The van der Waals surface area contributed by atoms with Crippen molar-refractivity contribution in [1.29, 1.82) is 0 Å². The number of hydrogen-bond acceptors (Lipinski definition) is 4. The first-order chi connectivity index (χ1) is 11.7. The lowest BCUT2D eigenvalue weighted by Crippen LogP contribution is -2.57. The molecule has 0 radical (unpaired) electrons. The molecule has 1 aliphatic rings. The largest absolute Gasteiger partial charge is 0.243 e. The Kier molecular flexibility index (Phi) is 4.70. The van der Waals surface area contributed by atoms with Gasteiger partial charge in [0.15, 0.2) is 9.84 Å². The monoisotopic (exact) mass is 383 g/mol. The van der Waals surface area contributed by atoms with Crippen molar-refractivity contribution in [3.05, 3.63) is 54.3 Å². The first-order valence-corrected chi connectivity index (χ1v) is 11.0. The molecule has 25 heavy (non-hydrogen) atoms. The van der Waals surface area contributed by atoms with Gasteiger partial charge in [-0.3, -0.25) is 0 Å². The Hall–Kier alpha value is -1.77. The van der Waals surface area contributed by atoms with Crippen molar-refractivity contribution in [1.82, 2.24) is 4.31 Å². The van der Waals surface area contributed by atoms with Crippen molar-refractivity contribution in [3.63, 3.8) is 0 Å². The van der Waals surface area contributed by atoms with Crippen molar-refractivity contribution < 1.29 is 21.2 Å². The molecule has 0 N–H and O–H groups in total. The predicted octanol–water partition coefficient (Wildman–Crippen LogP) is 2.30. The topological polar surface area (TPSA) is 71.5 Å². The molecular formula is C17H18FNO4S2. The van der Waals surface area contributed by atoms with E-state index in [1.807, 2.05) is 0 Å². The van der Waals surface area contributed by atoms with Crippen molar-refractivity contribution in [2.75, 3.05) is 18.8 Å². The summed E-state index contributed by atoms with van der Waals surface area (Å²) in [5.74, 6) is -0.324. The minimum absolute atomic E-state index is 0.00177. The van der Waals surface area contributed by atoms with Crippen LogP contribution in [0.4, 0.5) is 4.39 Å². The van der Waals surface area contributed by atoms with Crippen LogP contribution >= 0.6 is 0 Å². The van der Waals surface area contributed by atoms with Crippen molar-refractivity contribution in [3.8, 4) is 11.1 Å². The molecule has 1 saturated heterocycles. The second-order valence-corrected chi connectivity index (χ2v) is 10.4. The van der Waals surface area contributed by atoms with Crippen LogP contribution in [-0.4, -0.2) is 45.2 Å². The van der Waals surface area contributed by atoms with E-state index >= 15 is 0 Å². The maximum absolute atomic E-state index is 13.0. The number of rotatable bonds is 5. The van der Waals surface area contributed by atoms with Gasteiger partial charge in [0.05, 0.1) is 10.1 Å². The summed E-state index contributed by atoms with van der Waals surface area (Å²) >= 11 is 0. The van der Waals surface area contributed by atoms with E-state index in [2.05, 4.69) is 0 Å². The molecule has 2 aromatic carbocycles. The maximum Gasteiger partial charge on any atom is 0.243 e. The summed E-state index contributed by atoms with van der Waals surface area (Å²) in [6.45, 7) is 1.55. The van der Waals surface area contributed by atoms with Gasteiger partial charge in [-0.05, 0) is 35.4 Å². The third-order valence-electron chi connectivity index (χ3n) is 4.39. The van der Waals surface area contributed by atoms with Crippen LogP contribution in [0.15, 0.2) is 53.4 Å². The average molecular weight is 383 g/mol. The van der Waals surface area contributed by atoms with Crippen LogP contribution in [0.2, 0.25) is 0 Å². The van der Waals surface area contributed by atoms with E-state index < -0.39 is 25.1 Å². The molecule has 0 aromatic heterocycles. The Labute approximate surface area is 147 Å². The van der Waals surface area contributed by atoms with Gasteiger partial charge >= 0.3 is 0 Å². The van der Waals surface area contributed by atoms with Crippen LogP contribution in [-0.2, 0) is 19.9 Å². The number of nitrogens with zero attached hydrogens (tertiary/aromatic N) is 1. The number of sulfone groups is 1. The normalized spacial score (nSPS) is 16.6. The zero-order valence-corrected chi connectivity index (χ0v) is 15.2. The average Bonchev–Trinajstić information content (AvgIpc) is 2.54. The van der Waals surface area contributed by atoms with Gasteiger partial charge in [0, 0.05) is 18.8 Å². The van der Waals surface area contributed by atoms with E-state index in [4.69, 9.17) is 0 Å². The van der Waals surface area contributed by atoms with Gasteiger partial charge in [-0.1, -0.05) is 31.2 Å². The van der Waals surface area contributed by atoms with Crippen LogP contribution in [0, 0.1) is 5.82 Å². The van der Waals surface area contributed by atoms with Gasteiger partial charge in [0.25, 0.3) is 0 Å². The first-order valence-electron chi connectivity index (χ1n) is 7.82. The summed E-state index contributed by atoms with van der Waals surface area (Å²) in [7, 11) is -6.92. The minimum Gasteiger partial charge on any atom is -0.228 e. The van der Waals surface area contributed by atoms with Gasteiger partial charge in [-0.25, -0.2) is 21.2 Å². The number of benzene rings is 2. The SMILES string of the molecule is CCS(=O)(=O)C1CN(S(=O)(=O)c2ccc(-c3ccc(F)cc3)cc2)C1. The highest BCUT2D eigenvalue weighted by Crippen LogP contribution is 2.27. The molecule has 0 atom stereocenters. The summed E-state index contributed by atoms with van der Waals surface area (Å²) in [6.07, 6.45) is 0. The molecule has 3 rings (SSSR count). The van der Waals surface area contributed by atoms with Crippen LogP contribution in [0.25, 0.3) is 11.1 Å². The van der Waals surface area contributed by atoms with Crippen molar-refractivity contribution in [2.45, 2.75) is 17.1 Å². The second-order valence-electron chi connectivity index (χ2n) is 5.93. The highest BCUT2D eigenvalue weighted by molar-refractivity contribution is 7.92. The number of sulfonamides is 1. The third kappa shape index (κ3) is 3.47. The molecule has 134 valence electrons. The molecule has 1 aliphatic heterocycles. The third-order valence-corrected chi connectivity index (χ3v) is 8.36. The smallest absolute Gasteiger partial charge is 0.228 e. The molecule has 1 fully saturated rings. The first kappa shape index (κ1) is 18.0. The molecule has 0 aliphatic carbocycles. The summed E-state index contributed by atoms with van der Waals surface area (Å²) in [5.41, 5.74) is 1.55. The molecule has 2 aromatic rings. The Morgan fingerprint density at radius 3 is 1.88 bits per heavy atom. The van der Waals surface area contributed by atoms with Gasteiger partial charge in [-0.15, -0.1) is 0 Å². The Morgan fingerprint density at radius 2 is 1.40 bits per heavy atom. The summed E-state index contributed by atoms with van der Waals surface area (Å²) in [5, 5.41) is -0.620. The highest BCUT2D eigenvalue weighted by atomic mass is 32.2. The fourth-order valence-corrected chi connectivity index (χ4v) is 5.68. The van der Waals surface area contributed by atoms with Gasteiger partial charge in [0.2, 0.25) is 10.0 Å². The lowest BCUT2D eigenvalue weighted by molar-refractivity contribution is 0.310. The Bertz CT molecular complexity index is 962. The van der Waals surface area contributed by atoms with Gasteiger partial charge in [0.1, 0.15) is 5.82 Å². The van der Waals surface area contributed by atoms with Gasteiger partial charge < -0.3 is 0 Å². The van der Waals surface area contributed by atoms with E-state index in [9.17, 15) is 21.2 Å². The Balaban J connectivity index is 1.77. The molecule has 5 nitrogen and oxygen atoms in total. The fraction of sp³-hybridized carbons (Fsp3) is 0.294. The second kappa shape index (κ2) is 6.51. The molecule has 0 amide bonds. The minimum atomic E-state index is -3.70.